The molecule has 4 nitrogen and oxygen atoms in total. The van der Waals surface area contributed by atoms with Gasteiger partial charge in [-0.2, -0.15) is 0 Å². The van der Waals surface area contributed by atoms with E-state index in [2.05, 4.69) is 29.1 Å². The Kier molecular flexibility index (Phi) is 7.75. The first-order valence-electron chi connectivity index (χ1n) is 7.03. The first-order chi connectivity index (χ1) is 9.19. The van der Waals surface area contributed by atoms with Crippen molar-refractivity contribution in [3.05, 3.63) is 16.5 Å². The summed E-state index contributed by atoms with van der Waals surface area (Å²) < 4.78 is 5.50. The van der Waals surface area contributed by atoms with Crippen LogP contribution in [0.2, 0.25) is 5.15 Å². The Hall–Kier alpha value is -0.870. The highest BCUT2D eigenvalue weighted by Gasteiger charge is 2.08. The van der Waals surface area contributed by atoms with E-state index >= 15 is 0 Å². The summed E-state index contributed by atoms with van der Waals surface area (Å²) in [6, 6.07) is 0. The maximum Gasteiger partial charge on any atom is 0.137 e. The maximum atomic E-state index is 6.11. The first-order valence-corrected chi connectivity index (χ1v) is 7.41. The molecule has 0 aliphatic heterocycles. The molecule has 1 aromatic rings. The number of nitrogens with zero attached hydrogens (tertiary/aromatic N) is 2. The van der Waals surface area contributed by atoms with Crippen LogP contribution in [0.25, 0.3) is 0 Å². The number of aromatic nitrogens is 2. The molecule has 1 rings (SSSR count). The molecule has 19 heavy (non-hydrogen) atoms. The molecule has 0 amide bonds. The lowest BCUT2D eigenvalue weighted by Crippen LogP contribution is -2.13. The fourth-order valence-electron chi connectivity index (χ4n) is 1.63. The van der Waals surface area contributed by atoms with Crippen molar-refractivity contribution in [2.45, 2.75) is 46.5 Å². The van der Waals surface area contributed by atoms with E-state index in [9.17, 15) is 0 Å². The number of unbranched alkanes of at least 4 members (excludes halogenated alkanes) is 1. The van der Waals surface area contributed by atoms with Gasteiger partial charge in [0.1, 0.15) is 16.8 Å². The highest BCUT2D eigenvalue weighted by Crippen LogP contribution is 2.20. The number of hydrogen-bond acceptors (Lipinski definition) is 4. The van der Waals surface area contributed by atoms with Crippen LogP contribution in [0.5, 0.6) is 0 Å². The van der Waals surface area contributed by atoms with Crippen LogP contribution in [0.1, 0.15) is 44.5 Å². The van der Waals surface area contributed by atoms with Crippen LogP contribution in [0, 0.1) is 6.92 Å². The number of rotatable bonds is 9. The Balaban J connectivity index is 2.47. The van der Waals surface area contributed by atoms with Gasteiger partial charge in [0.2, 0.25) is 0 Å². The topological polar surface area (TPSA) is 47.0 Å². The molecule has 1 N–H and O–H groups in total. The molecule has 1 heterocycles. The molecule has 0 aliphatic carbocycles. The number of anilines is 1. The normalized spacial score (nSPS) is 10.7. The van der Waals surface area contributed by atoms with Crippen LogP contribution in [-0.4, -0.2) is 29.7 Å². The third kappa shape index (κ3) is 5.74. The Morgan fingerprint density at radius 3 is 2.63 bits per heavy atom. The second-order valence-electron chi connectivity index (χ2n) is 4.55. The van der Waals surface area contributed by atoms with E-state index in [1.165, 1.54) is 0 Å². The molecule has 0 saturated carbocycles. The molecular formula is C14H24ClN3O. The quantitative estimate of drug-likeness (QED) is 0.556. The van der Waals surface area contributed by atoms with Gasteiger partial charge in [-0.1, -0.05) is 31.9 Å². The van der Waals surface area contributed by atoms with Gasteiger partial charge >= 0.3 is 0 Å². The van der Waals surface area contributed by atoms with Crippen LogP contribution >= 0.6 is 11.6 Å². The van der Waals surface area contributed by atoms with Crippen molar-refractivity contribution in [3.63, 3.8) is 0 Å². The van der Waals surface area contributed by atoms with Gasteiger partial charge in [0.05, 0.1) is 6.61 Å². The highest BCUT2D eigenvalue weighted by atomic mass is 35.5. The van der Waals surface area contributed by atoms with Gasteiger partial charge in [-0.3, -0.25) is 0 Å². The molecule has 5 heteroatoms. The van der Waals surface area contributed by atoms with Gasteiger partial charge in [0.25, 0.3) is 0 Å². The van der Waals surface area contributed by atoms with E-state index < -0.39 is 0 Å². The minimum absolute atomic E-state index is 0.535. The zero-order chi connectivity index (χ0) is 14.1. The first kappa shape index (κ1) is 16.2. The number of ether oxygens (including phenoxy) is 1. The molecule has 0 saturated heterocycles. The van der Waals surface area contributed by atoms with Crippen molar-refractivity contribution in [2.24, 2.45) is 0 Å². The SMILES string of the molecule is CCCCOCCNc1nc(CCC)nc(Cl)c1C. The fraction of sp³-hybridized carbons (Fsp3) is 0.714. The zero-order valence-corrected chi connectivity index (χ0v) is 12.9. The number of halogens is 1. The second kappa shape index (κ2) is 9.10. The van der Waals surface area contributed by atoms with Gasteiger partial charge in [-0.25, -0.2) is 9.97 Å². The molecule has 0 aromatic carbocycles. The Bertz CT molecular complexity index is 385. The molecular weight excluding hydrogens is 262 g/mol. The molecule has 1 aromatic heterocycles. The highest BCUT2D eigenvalue weighted by molar-refractivity contribution is 6.30. The molecule has 0 radical (unpaired) electrons. The van der Waals surface area contributed by atoms with Gasteiger partial charge in [-0.05, 0) is 19.8 Å². The molecule has 0 fully saturated rings. The van der Waals surface area contributed by atoms with E-state index in [-0.39, 0.29) is 0 Å². The van der Waals surface area contributed by atoms with Crippen LogP contribution in [0.4, 0.5) is 5.82 Å². The predicted molar refractivity (Wildman–Crippen MR) is 80.0 cm³/mol. The molecule has 0 atom stereocenters. The van der Waals surface area contributed by atoms with Gasteiger partial charge < -0.3 is 10.1 Å². The Morgan fingerprint density at radius 2 is 1.95 bits per heavy atom. The third-order valence-corrected chi connectivity index (χ3v) is 3.16. The second-order valence-corrected chi connectivity index (χ2v) is 4.90. The van der Waals surface area contributed by atoms with E-state index in [4.69, 9.17) is 16.3 Å². The molecule has 0 unspecified atom stereocenters. The minimum Gasteiger partial charge on any atom is -0.380 e. The third-order valence-electron chi connectivity index (χ3n) is 2.79. The summed E-state index contributed by atoms with van der Waals surface area (Å²) in [5.41, 5.74) is 0.898. The summed E-state index contributed by atoms with van der Waals surface area (Å²) in [5.74, 6) is 1.62. The van der Waals surface area contributed by atoms with Crippen molar-refractivity contribution in [1.82, 2.24) is 9.97 Å². The average Bonchev–Trinajstić information content (AvgIpc) is 2.39. The van der Waals surface area contributed by atoms with Crippen LogP contribution in [0.3, 0.4) is 0 Å². The van der Waals surface area contributed by atoms with Crippen molar-refractivity contribution in [2.75, 3.05) is 25.1 Å². The molecule has 0 aliphatic rings. The zero-order valence-electron chi connectivity index (χ0n) is 12.1. The van der Waals surface area contributed by atoms with Crippen LogP contribution in [-0.2, 0) is 11.2 Å². The average molecular weight is 286 g/mol. The lowest BCUT2D eigenvalue weighted by molar-refractivity contribution is 0.141. The van der Waals surface area contributed by atoms with Crippen LogP contribution in [0.15, 0.2) is 0 Å². The summed E-state index contributed by atoms with van der Waals surface area (Å²) >= 11 is 6.11. The van der Waals surface area contributed by atoms with E-state index in [1.54, 1.807) is 0 Å². The smallest absolute Gasteiger partial charge is 0.137 e. The largest absolute Gasteiger partial charge is 0.380 e. The molecule has 0 bridgehead atoms. The summed E-state index contributed by atoms with van der Waals surface area (Å²) in [4.78, 5) is 8.77. The van der Waals surface area contributed by atoms with E-state index in [1.807, 2.05) is 6.92 Å². The fourth-order valence-corrected chi connectivity index (χ4v) is 1.82. The lowest BCUT2D eigenvalue weighted by atomic mass is 10.3. The maximum absolute atomic E-state index is 6.11. The van der Waals surface area contributed by atoms with Gasteiger partial charge in [0.15, 0.2) is 0 Å². The number of aryl methyl sites for hydroxylation is 1. The van der Waals surface area contributed by atoms with Gasteiger partial charge in [-0.15, -0.1) is 0 Å². The van der Waals surface area contributed by atoms with Crippen molar-refractivity contribution < 1.29 is 4.74 Å². The van der Waals surface area contributed by atoms with Crippen molar-refractivity contribution in [3.8, 4) is 0 Å². The van der Waals surface area contributed by atoms with Crippen LogP contribution < -0.4 is 5.32 Å². The van der Waals surface area contributed by atoms with Crippen molar-refractivity contribution in [1.29, 1.82) is 0 Å². The predicted octanol–water partition coefficient (Wildman–Crippen LogP) is 3.62. The van der Waals surface area contributed by atoms with Crippen molar-refractivity contribution >= 4 is 17.4 Å². The molecule has 108 valence electrons. The minimum atomic E-state index is 0.535. The van der Waals surface area contributed by atoms with Gasteiger partial charge in [0, 0.05) is 25.1 Å². The summed E-state index contributed by atoms with van der Waals surface area (Å²) in [5, 5.41) is 3.80. The standard InChI is InChI=1S/C14H24ClN3O/c1-4-6-9-19-10-8-16-14-11(3)13(15)17-12(18-14)7-5-2/h4-10H2,1-3H3,(H,16,17,18). The van der Waals surface area contributed by atoms with E-state index in [0.29, 0.717) is 11.8 Å². The number of hydrogen-bond donors (Lipinski definition) is 1. The summed E-state index contributed by atoms with van der Waals surface area (Å²) in [6.45, 7) is 8.43. The Morgan fingerprint density at radius 1 is 1.16 bits per heavy atom. The summed E-state index contributed by atoms with van der Waals surface area (Å²) in [6.07, 6.45) is 4.13. The van der Waals surface area contributed by atoms with E-state index in [0.717, 1.165) is 56.0 Å². The Labute approximate surface area is 120 Å². The lowest BCUT2D eigenvalue weighted by Gasteiger charge is -2.11. The molecule has 0 spiro atoms. The number of nitrogens with one attached hydrogen (secondary N) is 1. The summed E-state index contributed by atoms with van der Waals surface area (Å²) in [7, 11) is 0. The monoisotopic (exact) mass is 285 g/mol.